The molecule has 0 aromatic heterocycles. The molecule has 0 saturated carbocycles. The predicted molar refractivity (Wildman–Crippen MR) is 50.3 cm³/mol. The second-order valence-corrected chi connectivity index (χ2v) is 2.54. The molecule has 14 heavy (non-hydrogen) atoms. The van der Waals surface area contributed by atoms with Gasteiger partial charge in [-0.2, -0.15) is 0 Å². The van der Waals surface area contributed by atoms with E-state index < -0.39 is 5.97 Å². The molecule has 0 fully saturated rings. The zero-order valence-electron chi connectivity index (χ0n) is 8.15. The van der Waals surface area contributed by atoms with Gasteiger partial charge < -0.3 is 14.2 Å². The number of hydrogen-bond acceptors (Lipinski definition) is 4. The standard InChI is InChI=1S/C10H12O4/c1-12-7-14-9-6-4-3-5-8(9)10(11)13-2/h3-6H,7H2,1-2H3. The van der Waals surface area contributed by atoms with E-state index in [1.165, 1.54) is 14.2 Å². The Bertz CT molecular complexity index is 309. The molecule has 0 aliphatic heterocycles. The molecule has 1 aromatic rings. The van der Waals surface area contributed by atoms with Gasteiger partial charge in [0.25, 0.3) is 0 Å². The van der Waals surface area contributed by atoms with E-state index in [-0.39, 0.29) is 6.79 Å². The molecule has 0 unspecified atom stereocenters. The predicted octanol–water partition coefficient (Wildman–Crippen LogP) is 1.46. The van der Waals surface area contributed by atoms with Crippen LogP contribution in [0.25, 0.3) is 0 Å². The fraction of sp³-hybridized carbons (Fsp3) is 0.300. The molecule has 0 atom stereocenters. The third kappa shape index (κ3) is 2.47. The van der Waals surface area contributed by atoms with Crippen LogP contribution in [0.3, 0.4) is 0 Å². The SMILES string of the molecule is COCOc1ccccc1C(=O)OC. The van der Waals surface area contributed by atoms with Crippen molar-refractivity contribution in [2.24, 2.45) is 0 Å². The van der Waals surface area contributed by atoms with Gasteiger partial charge in [-0.15, -0.1) is 0 Å². The summed E-state index contributed by atoms with van der Waals surface area (Å²) in [5.41, 5.74) is 0.395. The molecule has 1 aromatic carbocycles. The Morgan fingerprint density at radius 3 is 2.64 bits per heavy atom. The Hall–Kier alpha value is -1.55. The van der Waals surface area contributed by atoms with Gasteiger partial charge in [-0.25, -0.2) is 4.79 Å². The lowest BCUT2D eigenvalue weighted by molar-refractivity contribution is 0.0465. The van der Waals surface area contributed by atoms with Crippen LogP contribution in [0, 0.1) is 0 Å². The van der Waals surface area contributed by atoms with Crippen LogP contribution < -0.4 is 4.74 Å². The summed E-state index contributed by atoms with van der Waals surface area (Å²) in [5.74, 6) is 0.0397. The smallest absolute Gasteiger partial charge is 0.341 e. The lowest BCUT2D eigenvalue weighted by Crippen LogP contribution is -2.07. The van der Waals surface area contributed by atoms with E-state index in [0.29, 0.717) is 11.3 Å². The van der Waals surface area contributed by atoms with Gasteiger partial charge in [0, 0.05) is 7.11 Å². The zero-order chi connectivity index (χ0) is 10.4. The maximum absolute atomic E-state index is 11.3. The number of methoxy groups -OCH3 is 2. The maximum atomic E-state index is 11.3. The summed E-state index contributed by atoms with van der Waals surface area (Å²) in [6.45, 7) is 0.105. The molecular formula is C10H12O4. The molecule has 76 valence electrons. The Balaban J connectivity index is 2.85. The minimum atomic E-state index is -0.420. The van der Waals surface area contributed by atoms with Crippen molar-refractivity contribution in [3.8, 4) is 5.75 Å². The molecule has 0 aliphatic rings. The Labute approximate surface area is 82.4 Å². The summed E-state index contributed by atoms with van der Waals surface area (Å²) in [4.78, 5) is 11.3. The van der Waals surface area contributed by atoms with Crippen LogP contribution in [0.5, 0.6) is 5.75 Å². The second kappa shape index (κ2) is 5.24. The molecule has 0 spiro atoms. The summed E-state index contributed by atoms with van der Waals surface area (Å²) >= 11 is 0. The number of carbonyl (C=O) groups is 1. The van der Waals surface area contributed by atoms with Gasteiger partial charge in [0.05, 0.1) is 7.11 Å². The third-order valence-corrected chi connectivity index (χ3v) is 1.62. The molecule has 0 amide bonds. The summed E-state index contributed by atoms with van der Waals surface area (Å²) in [6.07, 6.45) is 0. The maximum Gasteiger partial charge on any atom is 0.341 e. The Kier molecular flexibility index (Phi) is 3.94. The monoisotopic (exact) mass is 196 g/mol. The molecule has 0 aliphatic carbocycles. The molecule has 0 heterocycles. The molecule has 0 N–H and O–H groups in total. The van der Waals surface area contributed by atoms with Gasteiger partial charge in [-0.1, -0.05) is 12.1 Å². The lowest BCUT2D eigenvalue weighted by atomic mass is 10.2. The molecule has 0 radical (unpaired) electrons. The topological polar surface area (TPSA) is 44.8 Å². The van der Waals surface area contributed by atoms with E-state index >= 15 is 0 Å². The van der Waals surface area contributed by atoms with Gasteiger partial charge in [0.2, 0.25) is 0 Å². The average Bonchev–Trinajstić information content (AvgIpc) is 2.25. The highest BCUT2D eigenvalue weighted by Gasteiger charge is 2.11. The first-order valence-corrected chi connectivity index (χ1v) is 4.08. The van der Waals surface area contributed by atoms with Crippen molar-refractivity contribution in [3.63, 3.8) is 0 Å². The highest BCUT2D eigenvalue weighted by Crippen LogP contribution is 2.18. The summed E-state index contributed by atoms with van der Waals surface area (Å²) in [5, 5.41) is 0. The van der Waals surface area contributed by atoms with Crippen molar-refractivity contribution < 1.29 is 19.0 Å². The Morgan fingerprint density at radius 1 is 1.29 bits per heavy atom. The quantitative estimate of drug-likeness (QED) is 0.540. The van der Waals surface area contributed by atoms with Gasteiger partial charge in [-0.3, -0.25) is 0 Å². The van der Waals surface area contributed by atoms with E-state index in [4.69, 9.17) is 9.47 Å². The Morgan fingerprint density at radius 2 is 2.00 bits per heavy atom. The van der Waals surface area contributed by atoms with Crippen LogP contribution in [0.4, 0.5) is 0 Å². The molecule has 0 saturated heterocycles. The number of rotatable bonds is 4. The first kappa shape index (κ1) is 10.5. The van der Waals surface area contributed by atoms with E-state index in [9.17, 15) is 4.79 Å². The number of carbonyl (C=O) groups excluding carboxylic acids is 1. The fourth-order valence-electron chi connectivity index (χ4n) is 0.994. The normalized spacial score (nSPS) is 9.57. The van der Waals surface area contributed by atoms with Crippen molar-refractivity contribution in [2.45, 2.75) is 0 Å². The van der Waals surface area contributed by atoms with Gasteiger partial charge in [0.15, 0.2) is 6.79 Å². The highest BCUT2D eigenvalue weighted by atomic mass is 16.7. The summed E-state index contributed by atoms with van der Waals surface area (Å²) in [7, 11) is 2.84. The van der Waals surface area contributed by atoms with Crippen molar-refractivity contribution >= 4 is 5.97 Å². The van der Waals surface area contributed by atoms with E-state index in [2.05, 4.69) is 4.74 Å². The van der Waals surface area contributed by atoms with Crippen molar-refractivity contribution in [2.75, 3.05) is 21.0 Å². The molecular weight excluding hydrogens is 184 g/mol. The van der Waals surface area contributed by atoms with Crippen LogP contribution >= 0.6 is 0 Å². The molecule has 1 rings (SSSR count). The van der Waals surface area contributed by atoms with Crippen LogP contribution in [0.1, 0.15) is 10.4 Å². The minimum absolute atomic E-state index is 0.105. The van der Waals surface area contributed by atoms with Gasteiger partial charge in [0.1, 0.15) is 11.3 Å². The number of esters is 1. The van der Waals surface area contributed by atoms with Gasteiger partial charge in [-0.05, 0) is 12.1 Å². The van der Waals surface area contributed by atoms with Crippen molar-refractivity contribution in [1.29, 1.82) is 0 Å². The summed E-state index contributed by atoms with van der Waals surface area (Å²) < 4.78 is 14.5. The first-order chi connectivity index (χ1) is 6.79. The highest BCUT2D eigenvalue weighted by molar-refractivity contribution is 5.92. The van der Waals surface area contributed by atoms with E-state index in [0.717, 1.165) is 0 Å². The van der Waals surface area contributed by atoms with Crippen LogP contribution in [0.15, 0.2) is 24.3 Å². The largest absolute Gasteiger partial charge is 0.467 e. The van der Waals surface area contributed by atoms with Gasteiger partial charge >= 0.3 is 5.97 Å². The van der Waals surface area contributed by atoms with Crippen molar-refractivity contribution in [3.05, 3.63) is 29.8 Å². The average molecular weight is 196 g/mol. The molecule has 0 bridgehead atoms. The summed E-state index contributed by atoms with van der Waals surface area (Å²) in [6, 6.07) is 6.84. The number of ether oxygens (including phenoxy) is 3. The van der Waals surface area contributed by atoms with Crippen LogP contribution in [-0.2, 0) is 9.47 Å². The van der Waals surface area contributed by atoms with E-state index in [1.807, 2.05) is 0 Å². The molecule has 4 heteroatoms. The third-order valence-electron chi connectivity index (χ3n) is 1.62. The first-order valence-electron chi connectivity index (χ1n) is 4.08. The van der Waals surface area contributed by atoms with Crippen molar-refractivity contribution in [1.82, 2.24) is 0 Å². The second-order valence-electron chi connectivity index (χ2n) is 2.54. The number of hydrogen-bond donors (Lipinski definition) is 0. The lowest BCUT2D eigenvalue weighted by Gasteiger charge is -2.08. The molecule has 4 nitrogen and oxygen atoms in total. The minimum Gasteiger partial charge on any atom is -0.467 e. The van der Waals surface area contributed by atoms with E-state index in [1.54, 1.807) is 24.3 Å². The fourth-order valence-corrected chi connectivity index (χ4v) is 0.994. The van der Waals surface area contributed by atoms with Crippen LogP contribution in [-0.4, -0.2) is 27.0 Å². The van der Waals surface area contributed by atoms with Crippen LogP contribution in [0.2, 0.25) is 0 Å². The zero-order valence-corrected chi connectivity index (χ0v) is 8.15. The number of para-hydroxylation sites is 1. The number of benzene rings is 1.